The van der Waals surface area contributed by atoms with Crippen LogP contribution in [0, 0.1) is 0 Å². The van der Waals surface area contributed by atoms with Gasteiger partial charge in [-0.15, -0.1) is 0 Å². The second kappa shape index (κ2) is 8.85. The van der Waals surface area contributed by atoms with Gasteiger partial charge in [0.05, 0.1) is 0 Å². The van der Waals surface area contributed by atoms with Crippen LogP contribution >= 0.6 is 8.61 Å². The van der Waals surface area contributed by atoms with Crippen molar-refractivity contribution in [2.75, 3.05) is 0 Å². The van der Waals surface area contributed by atoms with E-state index in [1.54, 1.807) is 0 Å². The predicted octanol–water partition coefficient (Wildman–Crippen LogP) is -0.764. The van der Waals surface area contributed by atoms with Crippen LogP contribution in [0.4, 0.5) is 0 Å². The van der Waals surface area contributed by atoms with Crippen LogP contribution in [-0.2, 0) is 4.57 Å². The Bertz CT molecular complexity index is 15.5. The van der Waals surface area contributed by atoms with E-state index in [4.69, 9.17) is 4.57 Å². The standard InChI is InChI=1S/Ca.H2NOP.2H/c;1-3-2;;/h;(H2,1,2);;. The summed E-state index contributed by atoms with van der Waals surface area (Å²) in [5.74, 6) is 0. The van der Waals surface area contributed by atoms with Crippen LogP contribution in [0.1, 0.15) is 0 Å². The van der Waals surface area contributed by atoms with Crippen LogP contribution in [-0.4, -0.2) is 37.7 Å². The van der Waals surface area contributed by atoms with E-state index in [9.17, 15) is 0 Å². The SMILES string of the molecule is NP=O.[CaH2]. The summed E-state index contributed by atoms with van der Waals surface area (Å²) in [5, 5.41) is 0. The molecular weight excluding hydrogens is 101 g/mol. The number of hydrogen-bond donors (Lipinski definition) is 1. The molecule has 0 rings (SSSR count). The van der Waals surface area contributed by atoms with Gasteiger partial charge in [0, 0.05) is 0 Å². The van der Waals surface area contributed by atoms with Crippen molar-refractivity contribution in [3.8, 4) is 0 Å². The first-order valence-electron chi connectivity index (χ1n) is 0.441. The molecule has 22 valence electrons. The van der Waals surface area contributed by atoms with Crippen LogP contribution < -0.4 is 5.50 Å². The fourth-order valence-electron chi connectivity index (χ4n) is 0. The summed E-state index contributed by atoms with van der Waals surface area (Å²) in [7, 11) is -0.333. The molecule has 0 aromatic carbocycles. The first-order valence-corrected chi connectivity index (χ1v) is 1.32. The Balaban J connectivity index is 0. The molecule has 0 aliphatic heterocycles. The molecular formula is H4CaNOP. The Kier molecular flexibility index (Phi) is 19.9. The predicted molar refractivity (Wildman–Crippen MR) is 20.3 cm³/mol. The van der Waals surface area contributed by atoms with E-state index in [0.717, 1.165) is 0 Å². The van der Waals surface area contributed by atoms with Gasteiger partial charge in [0.1, 0.15) is 0 Å². The fraction of sp³-hybridized carbons (Fsp3) is 0. The van der Waals surface area contributed by atoms with Gasteiger partial charge in [0.2, 0.25) is 8.61 Å². The van der Waals surface area contributed by atoms with Crippen molar-refractivity contribution in [1.82, 2.24) is 0 Å². The third kappa shape index (κ3) is 10.3. The quantitative estimate of drug-likeness (QED) is 0.325. The van der Waals surface area contributed by atoms with E-state index in [2.05, 4.69) is 5.50 Å². The molecule has 0 amide bonds. The molecule has 4 heavy (non-hydrogen) atoms. The molecule has 0 saturated carbocycles. The van der Waals surface area contributed by atoms with Gasteiger partial charge in [-0.1, -0.05) is 0 Å². The van der Waals surface area contributed by atoms with Crippen LogP contribution in [0.2, 0.25) is 0 Å². The van der Waals surface area contributed by atoms with Gasteiger partial charge < -0.3 is 0 Å². The monoisotopic (exact) mass is 105 g/mol. The van der Waals surface area contributed by atoms with Crippen LogP contribution in [0.15, 0.2) is 0 Å². The van der Waals surface area contributed by atoms with E-state index < -0.39 is 0 Å². The normalized spacial score (nSPS) is 5.25. The van der Waals surface area contributed by atoms with E-state index in [1.807, 2.05) is 0 Å². The molecule has 0 heterocycles. The van der Waals surface area contributed by atoms with Crippen molar-refractivity contribution in [2.45, 2.75) is 0 Å². The maximum atomic E-state index is 8.68. The van der Waals surface area contributed by atoms with Gasteiger partial charge in [-0.05, 0) is 0 Å². The first-order chi connectivity index (χ1) is 1.41. The molecule has 0 aliphatic rings. The molecule has 0 aliphatic carbocycles. The summed E-state index contributed by atoms with van der Waals surface area (Å²) in [6, 6.07) is 0. The summed E-state index contributed by atoms with van der Waals surface area (Å²) >= 11 is 0. The number of nitrogens with two attached hydrogens (primary N) is 1. The molecule has 0 unspecified atom stereocenters. The van der Waals surface area contributed by atoms with E-state index in [-0.39, 0.29) is 46.3 Å². The first kappa shape index (κ1) is 9.01. The molecule has 0 bridgehead atoms. The van der Waals surface area contributed by atoms with Gasteiger partial charge in [-0.25, -0.2) is 0 Å². The fourth-order valence-corrected chi connectivity index (χ4v) is 0. The van der Waals surface area contributed by atoms with Crippen LogP contribution in [0.5, 0.6) is 0 Å². The zero-order valence-electron chi connectivity index (χ0n) is 1.43. The Morgan fingerprint density at radius 1 is 1.75 bits per heavy atom. The molecule has 0 fully saturated rings. The minimum absolute atomic E-state index is 0. The summed E-state index contributed by atoms with van der Waals surface area (Å²) in [6.07, 6.45) is 0. The Morgan fingerprint density at radius 2 is 1.75 bits per heavy atom. The third-order valence-corrected chi connectivity index (χ3v) is 0. The minimum atomic E-state index is -0.333. The van der Waals surface area contributed by atoms with Gasteiger partial charge in [-0.2, -0.15) is 0 Å². The van der Waals surface area contributed by atoms with E-state index in [0.29, 0.717) is 0 Å². The van der Waals surface area contributed by atoms with Gasteiger partial charge in [-0.3, -0.25) is 10.1 Å². The van der Waals surface area contributed by atoms with Crippen molar-refractivity contribution in [1.29, 1.82) is 0 Å². The van der Waals surface area contributed by atoms with Gasteiger partial charge in [0.25, 0.3) is 0 Å². The van der Waals surface area contributed by atoms with E-state index >= 15 is 0 Å². The Hall–Kier alpha value is 1.32. The second-order valence-corrected chi connectivity index (χ2v) is 0.316. The molecule has 0 aromatic heterocycles. The van der Waals surface area contributed by atoms with E-state index in [1.165, 1.54) is 0 Å². The summed E-state index contributed by atoms with van der Waals surface area (Å²) < 4.78 is 8.68. The zero-order chi connectivity index (χ0) is 2.71. The Morgan fingerprint density at radius 3 is 1.75 bits per heavy atom. The van der Waals surface area contributed by atoms with Crippen molar-refractivity contribution in [2.24, 2.45) is 5.50 Å². The topological polar surface area (TPSA) is 43.1 Å². The second-order valence-electron chi connectivity index (χ2n) is 0.105. The maximum absolute atomic E-state index is 8.68. The van der Waals surface area contributed by atoms with Crippen molar-refractivity contribution < 1.29 is 4.57 Å². The summed E-state index contributed by atoms with van der Waals surface area (Å²) in [6.45, 7) is 0. The van der Waals surface area contributed by atoms with Crippen LogP contribution in [0.25, 0.3) is 0 Å². The van der Waals surface area contributed by atoms with Crippen molar-refractivity contribution in [3.63, 3.8) is 0 Å². The zero-order valence-corrected chi connectivity index (χ0v) is 2.33. The average molecular weight is 105 g/mol. The molecule has 2 nitrogen and oxygen atoms in total. The molecule has 0 radical (unpaired) electrons. The van der Waals surface area contributed by atoms with Gasteiger partial charge in [0.15, 0.2) is 0 Å². The molecule has 0 saturated heterocycles. The molecule has 0 spiro atoms. The summed E-state index contributed by atoms with van der Waals surface area (Å²) in [5.41, 5.74) is 4.26. The Labute approximate surface area is 56.0 Å². The third-order valence-electron chi connectivity index (χ3n) is 0. The molecule has 0 aromatic rings. The van der Waals surface area contributed by atoms with Crippen LogP contribution in [0.3, 0.4) is 0 Å². The van der Waals surface area contributed by atoms with Crippen molar-refractivity contribution in [3.05, 3.63) is 0 Å². The average Bonchev–Trinajstić information content (AvgIpc) is 0.918. The number of rotatable bonds is 0. The van der Waals surface area contributed by atoms with Gasteiger partial charge >= 0.3 is 37.7 Å². The summed E-state index contributed by atoms with van der Waals surface area (Å²) in [4.78, 5) is 0. The molecule has 2 N–H and O–H groups in total. The van der Waals surface area contributed by atoms with Crippen molar-refractivity contribution >= 4 is 46.3 Å². The molecule has 0 atom stereocenters. The molecule has 4 heteroatoms. The number of hydrogen-bond acceptors (Lipinski definition) is 1.